The molecule has 0 fully saturated rings. The topological polar surface area (TPSA) is 130 Å². The molecule has 0 amide bonds. The molecule has 0 bridgehead atoms. The quantitative estimate of drug-likeness (QED) is 0.271. The molecule has 2 aromatic heterocycles. The van der Waals surface area contributed by atoms with Crippen molar-refractivity contribution in [2.75, 3.05) is 0 Å². The van der Waals surface area contributed by atoms with E-state index in [1.54, 1.807) is 0 Å². The summed E-state index contributed by atoms with van der Waals surface area (Å²) < 4.78 is 0. The van der Waals surface area contributed by atoms with Gasteiger partial charge in [-0.25, -0.2) is 0 Å². The summed E-state index contributed by atoms with van der Waals surface area (Å²) >= 11 is 0. The fourth-order valence-corrected chi connectivity index (χ4v) is 5.23. The maximum atomic E-state index is 11.1. The van der Waals surface area contributed by atoms with Gasteiger partial charge in [0.1, 0.15) is 12.1 Å². The van der Waals surface area contributed by atoms with Crippen LogP contribution in [0.25, 0.3) is 21.8 Å². The fraction of sp³-hybridized carbons (Fsp3) is 0.308. The van der Waals surface area contributed by atoms with Crippen LogP contribution in [0.15, 0.2) is 48.5 Å². The zero-order chi connectivity index (χ0) is 24.0. The van der Waals surface area contributed by atoms with E-state index >= 15 is 0 Å². The number of H-pyrrole nitrogens is 2. The molecule has 0 radical (unpaired) electrons. The van der Waals surface area contributed by atoms with E-state index in [0.717, 1.165) is 44.3 Å². The largest absolute Gasteiger partial charge is 0.480 e. The summed E-state index contributed by atoms with van der Waals surface area (Å²) in [6, 6.07) is 15.2. The van der Waals surface area contributed by atoms with Crippen LogP contribution in [0.3, 0.4) is 0 Å². The number of aromatic amines is 2. The molecule has 2 aliphatic heterocycles. The molecule has 0 saturated carbocycles. The molecule has 176 valence electrons. The van der Waals surface area contributed by atoms with Crippen molar-refractivity contribution in [2.45, 2.75) is 50.9 Å². The van der Waals surface area contributed by atoms with Crippen LogP contribution in [0, 0.1) is 0 Å². The average molecular weight is 461 g/mol. The van der Waals surface area contributed by atoms with Crippen LogP contribution >= 0.6 is 0 Å². The number of aromatic nitrogens is 2. The molecule has 2 aliphatic rings. The van der Waals surface area contributed by atoms with Crippen LogP contribution < -0.4 is 10.6 Å². The Balaban J connectivity index is 0.000000142. The molecule has 0 saturated heterocycles. The van der Waals surface area contributed by atoms with Gasteiger partial charge in [-0.15, -0.1) is 0 Å². The minimum absolute atomic E-state index is 0.0484. The van der Waals surface area contributed by atoms with E-state index in [1.807, 2.05) is 62.4 Å². The molecule has 34 heavy (non-hydrogen) atoms. The third-order valence-corrected chi connectivity index (χ3v) is 6.87. The SMILES string of the molecule is C[C@H]1N[C@H](C(=O)O)Cc2c1[nH]c1ccccc21.C[C@H]1N[C@H](C(=O)O)Cc2c1[nH]c1ccccc21. The van der Waals surface area contributed by atoms with E-state index in [4.69, 9.17) is 10.2 Å². The highest BCUT2D eigenvalue weighted by Gasteiger charge is 2.31. The van der Waals surface area contributed by atoms with Crippen LogP contribution in [0.1, 0.15) is 48.4 Å². The number of fused-ring (bicyclic) bond motifs is 6. The van der Waals surface area contributed by atoms with E-state index in [2.05, 4.69) is 20.6 Å². The lowest BCUT2D eigenvalue weighted by molar-refractivity contribution is -0.140. The molecule has 0 spiro atoms. The van der Waals surface area contributed by atoms with Gasteiger partial charge in [-0.3, -0.25) is 20.2 Å². The van der Waals surface area contributed by atoms with Crippen molar-refractivity contribution >= 4 is 33.7 Å². The minimum Gasteiger partial charge on any atom is -0.480 e. The Morgan fingerprint density at radius 2 is 1.09 bits per heavy atom. The second-order valence-electron chi connectivity index (χ2n) is 9.09. The van der Waals surface area contributed by atoms with Gasteiger partial charge < -0.3 is 20.2 Å². The number of rotatable bonds is 2. The molecular weight excluding hydrogens is 432 g/mol. The van der Waals surface area contributed by atoms with E-state index in [9.17, 15) is 9.59 Å². The maximum absolute atomic E-state index is 11.1. The molecular formula is C26H28N4O4. The van der Waals surface area contributed by atoms with Crippen LogP contribution in [-0.2, 0) is 22.4 Å². The molecule has 4 atom stereocenters. The van der Waals surface area contributed by atoms with Gasteiger partial charge in [0, 0.05) is 58.1 Å². The molecule has 0 unspecified atom stereocenters. The van der Waals surface area contributed by atoms with E-state index in [-0.39, 0.29) is 12.1 Å². The lowest BCUT2D eigenvalue weighted by Crippen LogP contribution is -2.43. The molecule has 8 heteroatoms. The van der Waals surface area contributed by atoms with E-state index in [0.29, 0.717) is 12.8 Å². The van der Waals surface area contributed by atoms with E-state index in [1.165, 1.54) is 0 Å². The first kappa shape index (κ1) is 22.2. The number of nitrogens with one attached hydrogen (secondary N) is 4. The molecule has 0 aliphatic carbocycles. The zero-order valence-electron chi connectivity index (χ0n) is 19.1. The summed E-state index contributed by atoms with van der Waals surface area (Å²) in [6.45, 7) is 3.98. The first-order valence-electron chi connectivity index (χ1n) is 11.5. The summed E-state index contributed by atoms with van der Waals surface area (Å²) in [5, 5.41) is 26.7. The van der Waals surface area contributed by atoms with Gasteiger partial charge in [0.15, 0.2) is 0 Å². The molecule has 4 aromatic rings. The molecule has 6 N–H and O–H groups in total. The second-order valence-corrected chi connectivity index (χ2v) is 9.09. The summed E-state index contributed by atoms with van der Waals surface area (Å²) in [7, 11) is 0. The van der Waals surface area contributed by atoms with Crippen LogP contribution in [-0.4, -0.2) is 44.2 Å². The van der Waals surface area contributed by atoms with Crippen molar-refractivity contribution in [3.05, 3.63) is 71.0 Å². The number of benzene rings is 2. The van der Waals surface area contributed by atoms with Crippen molar-refractivity contribution < 1.29 is 19.8 Å². The lowest BCUT2D eigenvalue weighted by atomic mass is 9.95. The lowest BCUT2D eigenvalue weighted by Gasteiger charge is -2.26. The third-order valence-electron chi connectivity index (χ3n) is 6.87. The van der Waals surface area contributed by atoms with Crippen molar-refractivity contribution in [1.82, 2.24) is 20.6 Å². The predicted octanol–water partition coefficient (Wildman–Crippen LogP) is 3.66. The Kier molecular flexibility index (Phi) is 5.63. The van der Waals surface area contributed by atoms with Crippen molar-refractivity contribution in [3.8, 4) is 0 Å². The molecule has 8 nitrogen and oxygen atoms in total. The minimum atomic E-state index is -0.784. The first-order valence-corrected chi connectivity index (χ1v) is 11.5. The third kappa shape index (κ3) is 3.85. The highest BCUT2D eigenvalue weighted by Crippen LogP contribution is 2.32. The predicted molar refractivity (Wildman–Crippen MR) is 130 cm³/mol. The monoisotopic (exact) mass is 460 g/mol. The Labute approximate surface area is 196 Å². The van der Waals surface area contributed by atoms with Crippen LogP contribution in [0.5, 0.6) is 0 Å². The highest BCUT2D eigenvalue weighted by molar-refractivity contribution is 5.87. The standard InChI is InChI=1S/2C13H14N2O2/c2*1-7-12-9(6-11(14-7)13(16)17)8-4-2-3-5-10(8)15-12/h2*2-5,7,11,14-15H,6H2,1H3,(H,16,17)/t2*7-,11+/m11/s1. The Bertz CT molecular complexity index is 1280. The Morgan fingerprint density at radius 1 is 0.706 bits per heavy atom. The van der Waals surface area contributed by atoms with Gasteiger partial charge in [0.05, 0.1) is 0 Å². The van der Waals surface area contributed by atoms with Gasteiger partial charge in [0.2, 0.25) is 0 Å². The van der Waals surface area contributed by atoms with Crippen molar-refractivity contribution in [2.24, 2.45) is 0 Å². The summed E-state index contributed by atoms with van der Waals surface area (Å²) in [6.07, 6.45) is 1.08. The average Bonchev–Trinajstić information content (AvgIpc) is 3.39. The zero-order valence-corrected chi connectivity index (χ0v) is 19.1. The van der Waals surface area contributed by atoms with Crippen molar-refractivity contribution in [3.63, 3.8) is 0 Å². The number of aliphatic carboxylic acids is 2. The maximum Gasteiger partial charge on any atom is 0.321 e. The summed E-state index contributed by atoms with van der Waals surface area (Å²) in [4.78, 5) is 28.9. The summed E-state index contributed by atoms with van der Waals surface area (Å²) in [5.41, 5.74) is 6.67. The number of hydrogen-bond donors (Lipinski definition) is 6. The van der Waals surface area contributed by atoms with Gasteiger partial charge >= 0.3 is 11.9 Å². The van der Waals surface area contributed by atoms with Crippen LogP contribution in [0.2, 0.25) is 0 Å². The van der Waals surface area contributed by atoms with Gasteiger partial charge in [-0.05, 0) is 37.1 Å². The Morgan fingerprint density at radius 3 is 1.47 bits per heavy atom. The smallest absolute Gasteiger partial charge is 0.321 e. The molecule has 2 aromatic carbocycles. The number of carbonyl (C=O) groups is 2. The molecule has 6 rings (SSSR count). The van der Waals surface area contributed by atoms with Crippen LogP contribution in [0.4, 0.5) is 0 Å². The summed E-state index contributed by atoms with van der Waals surface area (Å²) in [5.74, 6) is -1.57. The number of carboxylic acids is 2. The molecule has 4 heterocycles. The normalized spacial score (nSPS) is 23.6. The number of hydrogen-bond acceptors (Lipinski definition) is 4. The highest BCUT2D eigenvalue weighted by atomic mass is 16.4. The van der Waals surface area contributed by atoms with Gasteiger partial charge in [0.25, 0.3) is 0 Å². The van der Waals surface area contributed by atoms with Gasteiger partial charge in [-0.2, -0.15) is 0 Å². The fourth-order valence-electron chi connectivity index (χ4n) is 5.23. The second kappa shape index (κ2) is 8.62. The van der Waals surface area contributed by atoms with Gasteiger partial charge in [-0.1, -0.05) is 36.4 Å². The van der Waals surface area contributed by atoms with Crippen molar-refractivity contribution in [1.29, 1.82) is 0 Å². The first-order chi connectivity index (χ1) is 16.3. The number of para-hydroxylation sites is 2. The number of carboxylic acid groups (broad SMARTS) is 2. The van der Waals surface area contributed by atoms with E-state index < -0.39 is 24.0 Å². The Hall–Kier alpha value is -3.62.